The molecule has 0 aliphatic carbocycles. The van der Waals surface area contributed by atoms with E-state index in [0.29, 0.717) is 11.3 Å². The highest BCUT2D eigenvalue weighted by Gasteiger charge is 2.20. The van der Waals surface area contributed by atoms with Crippen molar-refractivity contribution in [3.8, 4) is 5.75 Å². The monoisotopic (exact) mass is 301 g/mol. The Kier molecular flexibility index (Phi) is 4.96. The SMILES string of the molecule is COc1ccc(Br)cc1C(=O)N(C)[C@@H](C)CO. The first-order valence-corrected chi connectivity index (χ1v) is 6.02. The van der Waals surface area contributed by atoms with E-state index in [0.717, 1.165) is 4.47 Å². The van der Waals surface area contributed by atoms with Crippen molar-refractivity contribution in [2.45, 2.75) is 13.0 Å². The zero-order valence-corrected chi connectivity index (χ0v) is 11.7. The number of rotatable bonds is 4. The first kappa shape index (κ1) is 14.0. The second-order valence-electron chi connectivity index (χ2n) is 3.79. The summed E-state index contributed by atoms with van der Waals surface area (Å²) in [6.07, 6.45) is 0. The molecule has 0 aliphatic rings. The molecule has 0 fully saturated rings. The molecule has 1 rings (SSSR count). The van der Waals surface area contributed by atoms with Crippen molar-refractivity contribution >= 4 is 21.8 Å². The van der Waals surface area contributed by atoms with Crippen molar-refractivity contribution in [1.82, 2.24) is 4.90 Å². The lowest BCUT2D eigenvalue weighted by molar-refractivity contribution is 0.0679. The zero-order valence-electron chi connectivity index (χ0n) is 10.1. The quantitative estimate of drug-likeness (QED) is 0.924. The number of aliphatic hydroxyl groups is 1. The molecule has 1 N–H and O–H groups in total. The number of methoxy groups -OCH3 is 1. The fourth-order valence-corrected chi connectivity index (χ4v) is 1.72. The topological polar surface area (TPSA) is 49.8 Å². The number of aliphatic hydroxyl groups excluding tert-OH is 1. The summed E-state index contributed by atoms with van der Waals surface area (Å²) < 4.78 is 5.97. The van der Waals surface area contributed by atoms with Gasteiger partial charge >= 0.3 is 0 Å². The smallest absolute Gasteiger partial charge is 0.257 e. The van der Waals surface area contributed by atoms with Gasteiger partial charge in [0.2, 0.25) is 0 Å². The third-order valence-corrected chi connectivity index (χ3v) is 3.13. The standard InChI is InChI=1S/C12H16BrNO3/c1-8(7-15)14(2)12(16)10-6-9(13)4-5-11(10)17-3/h4-6,8,15H,7H2,1-3H3/t8-/m0/s1. The lowest BCUT2D eigenvalue weighted by Crippen LogP contribution is -2.37. The van der Waals surface area contributed by atoms with Crippen LogP contribution in [0.4, 0.5) is 0 Å². The van der Waals surface area contributed by atoms with Gasteiger partial charge in [0.1, 0.15) is 5.75 Å². The normalized spacial score (nSPS) is 12.1. The maximum atomic E-state index is 12.2. The van der Waals surface area contributed by atoms with Crippen molar-refractivity contribution < 1.29 is 14.6 Å². The minimum Gasteiger partial charge on any atom is -0.496 e. The molecule has 0 bridgehead atoms. The number of carbonyl (C=O) groups is 1. The number of benzene rings is 1. The average molecular weight is 302 g/mol. The van der Waals surface area contributed by atoms with Crippen LogP contribution in [0.2, 0.25) is 0 Å². The van der Waals surface area contributed by atoms with Crippen molar-refractivity contribution in [2.24, 2.45) is 0 Å². The molecule has 4 nitrogen and oxygen atoms in total. The molecule has 5 heteroatoms. The zero-order chi connectivity index (χ0) is 13.0. The minimum absolute atomic E-state index is 0.0709. The van der Waals surface area contributed by atoms with Gasteiger partial charge in [-0.3, -0.25) is 4.79 Å². The Morgan fingerprint density at radius 1 is 1.59 bits per heavy atom. The summed E-state index contributed by atoms with van der Waals surface area (Å²) in [7, 11) is 3.18. The van der Waals surface area contributed by atoms with Crippen LogP contribution in [-0.2, 0) is 0 Å². The van der Waals surface area contributed by atoms with Crippen LogP contribution in [0.15, 0.2) is 22.7 Å². The lowest BCUT2D eigenvalue weighted by Gasteiger charge is -2.24. The summed E-state index contributed by atoms with van der Waals surface area (Å²) in [6, 6.07) is 5.02. The second kappa shape index (κ2) is 6.02. The van der Waals surface area contributed by atoms with E-state index in [9.17, 15) is 4.79 Å². The van der Waals surface area contributed by atoms with Gasteiger partial charge in [-0.25, -0.2) is 0 Å². The van der Waals surface area contributed by atoms with Gasteiger partial charge in [-0.15, -0.1) is 0 Å². The summed E-state index contributed by atoms with van der Waals surface area (Å²) in [4.78, 5) is 13.7. The molecule has 0 saturated carbocycles. The molecule has 0 heterocycles. The Morgan fingerprint density at radius 2 is 2.24 bits per heavy atom. The summed E-state index contributed by atoms with van der Waals surface area (Å²) in [5.41, 5.74) is 0.477. The van der Waals surface area contributed by atoms with E-state index in [1.165, 1.54) is 12.0 Å². The molecule has 0 radical (unpaired) electrons. The van der Waals surface area contributed by atoms with Crippen LogP contribution in [0.3, 0.4) is 0 Å². The molecule has 0 aromatic heterocycles. The van der Waals surface area contributed by atoms with Crippen LogP contribution in [0.1, 0.15) is 17.3 Å². The molecule has 1 aromatic rings. The first-order chi connectivity index (χ1) is 8.01. The van der Waals surface area contributed by atoms with E-state index in [2.05, 4.69) is 15.9 Å². The van der Waals surface area contributed by atoms with Gasteiger partial charge in [0, 0.05) is 11.5 Å². The summed E-state index contributed by atoms with van der Waals surface area (Å²) in [5.74, 6) is 0.347. The minimum atomic E-state index is -0.230. The molecule has 0 aliphatic heterocycles. The van der Waals surface area contributed by atoms with Gasteiger partial charge in [0.15, 0.2) is 0 Å². The van der Waals surface area contributed by atoms with Crippen LogP contribution in [-0.4, -0.2) is 42.7 Å². The van der Waals surface area contributed by atoms with Gasteiger partial charge < -0.3 is 14.7 Å². The highest BCUT2D eigenvalue weighted by molar-refractivity contribution is 9.10. The Morgan fingerprint density at radius 3 is 2.76 bits per heavy atom. The lowest BCUT2D eigenvalue weighted by atomic mass is 10.1. The average Bonchev–Trinajstić information content (AvgIpc) is 2.35. The maximum Gasteiger partial charge on any atom is 0.257 e. The number of amides is 1. The van der Waals surface area contributed by atoms with E-state index in [1.807, 2.05) is 6.07 Å². The first-order valence-electron chi connectivity index (χ1n) is 5.22. The van der Waals surface area contributed by atoms with Gasteiger partial charge in [0.05, 0.1) is 25.3 Å². The molecule has 0 spiro atoms. The third-order valence-electron chi connectivity index (χ3n) is 2.64. The molecule has 94 valence electrons. The van der Waals surface area contributed by atoms with E-state index in [1.54, 1.807) is 26.1 Å². The van der Waals surface area contributed by atoms with E-state index < -0.39 is 0 Å². The van der Waals surface area contributed by atoms with Crippen LogP contribution in [0, 0.1) is 0 Å². The summed E-state index contributed by atoms with van der Waals surface area (Å²) >= 11 is 3.32. The second-order valence-corrected chi connectivity index (χ2v) is 4.71. The number of carbonyl (C=O) groups excluding carboxylic acids is 1. The molecular formula is C12H16BrNO3. The predicted molar refractivity (Wildman–Crippen MR) is 69.3 cm³/mol. The van der Waals surface area contributed by atoms with Crippen LogP contribution in [0.25, 0.3) is 0 Å². The third kappa shape index (κ3) is 3.20. The Bertz CT molecular complexity index is 409. The number of ether oxygens (including phenoxy) is 1. The van der Waals surface area contributed by atoms with E-state index in [4.69, 9.17) is 9.84 Å². The Labute approximate surface area is 109 Å². The molecule has 1 amide bonds. The molecule has 0 saturated heterocycles. The van der Waals surface area contributed by atoms with Crippen LogP contribution >= 0.6 is 15.9 Å². The highest BCUT2D eigenvalue weighted by Crippen LogP contribution is 2.24. The van der Waals surface area contributed by atoms with Gasteiger partial charge in [-0.2, -0.15) is 0 Å². The molecule has 0 unspecified atom stereocenters. The van der Waals surface area contributed by atoms with Crippen molar-refractivity contribution in [3.05, 3.63) is 28.2 Å². The van der Waals surface area contributed by atoms with Crippen molar-refractivity contribution in [3.63, 3.8) is 0 Å². The molecule has 17 heavy (non-hydrogen) atoms. The fraction of sp³-hybridized carbons (Fsp3) is 0.417. The van der Waals surface area contributed by atoms with Crippen LogP contribution < -0.4 is 4.74 Å². The number of likely N-dealkylation sites (N-methyl/N-ethyl adjacent to an activating group) is 1. The van der Waals surface area contributed by atoms with Gasteiger partial charge in [-0.1, -0.05) is 15.9 Å². The number of nitrogens with zero attached hydrogens (tertiary/aromatic N) is 1. The number of hydrogen-bond donors (Lipinski definition) is 1. The summed E-state index contributed by atoms with van der Waals surface area (Å²) in [6.45, 7) is 1.71. The predicted octanol–water partition coefficient (Wildman–Crippen LogP) is 1.91. The largest absolute Gasteiger partial charge is 0.496 e. The Hall–Kier alpha value is -1.07. The fourth-order valence-electron chi connectivity index (χ4n) is 1.36. The number of halogens is 1. The highest BCUT2D eigenvalue weighted by atomic mass is 79.9. The van der Waals surface area contributed by atoms with Gasteiger partial charge in [0.25, 0.3) is 5.91 Å². The molecule has 1 atom stereocenters. The van der Waals surface area contributed by atoms with Crippen molar-refractivity contribution in [1.29, 1.82) is 0 Å². The van der Waals surface area contributed by atoms with Crippen molar-refractivity contribution in [2.75, 3.05) is 20.8 Å². The van der Waals surface area contributed by atoms with Crippen LogP contribution in [0.5, 0.6) is 5.75 Å². The Balaban J connectivity index is 3.06. The molecular weight excluding hydrogens is 286 g/mol. The summed E-state index contributed by atoms with van der Waals surface area (Å²) in [5, 5.41) is 9.05. The number of hydrogen-bond acceptors (Lipinski definition) is 3. The van der Waals surface area contributed by atoms with E-state index >= 15 is 0 Å². The molecule has 1 aromatic carbocycles. The van der Waals surface area contributed by atoms with E-state index in [-0.39, 0.29) is 18.6 Å². The maximum absolute atomic E-state index is 12.2. The van der Waals surface area contributed by atoms with Gasteiger partial charge in [-0.05, 0) is 25.1 Å².